The molecule has 0 amide bonds. The summed E-state index contributed by atoms with van der Waals surface area (Å²) in [6.07, 6.45) is 1.06. The lowest BCUT2D eigenvalue weighted by Gasteiger charge is -2.31. The van der Waals surface area contributed by atoms with E-state index in [1.807, 2.05) is 6.07 Å². The first-order valence-corrected chi connectivity index (χ1v) is 5.89. The maximum Gasteiger partial charge on any atom is 0.123 e. The smallest absolute Gasteiger partial charge is 0.123 e. The zero-order valence-corrected chi connectivity index (χ0v) is 10.3. The Bertz CT molecular complexity index is 339. The molecule has 1 aromatic rings. The van der Waals surface area contributed by atoms with Crippen molar-refractivity contribution in [2.24, 2.45) is 5.73 Å². The van der Waals surface area contributed by atoms with Gasteiger partial charge in [-0.15, -0.1) is 0 Å². The van der Waals surface area contributed by atoms with Crippen LogP contribution in [0.4, 0.5) is 10.1 Å². The molecule has 2 nitrogen and oxygen atoms in total. The second-order valence-corrected chi connectivity index (χ2v) is 4.02. The number of benzene rings is 1. The third-order valence-electron chi connectivity index (χ3n) is 3.03. The molecule has 0 spiro atoms. The minimum absolute atomic E-state index is 0.218. The van der Waals surface area contributed by atoms with Crippen molar-refractivity contribution in [3.8, 4) is 0 Å². The Labute approximate surface area is 97.3 Å². The van der Waals surface area contributed by atoms with E-state index in [0.717, 1.165) is 24.2 Å². The molecule has 0 aliphatic carbocycles. The summed E-state index contributed by atoms with van der Waals surface area (Å²) in [5.41, 5.74) is 7.59. The van der Waals surface area contributed by atoms with Crippen LogP contribution in [0.5, 0.6) is 0 Å². The fourth-order valence-corrected chi connectivity index (χ4v) is 1.94. The van der Waals surface area contributed by atoms with Crippen LogP contribution in [0.25, 0.3) is 0 Å². The molecule has 0 saturated heterocycles. The number of hydrogen-bond donors (Lipinski definition) is 1. The van der Waals surface area contributed by atoms with Crippen LogP contribution in [0.15, 0.2) is 18.2 Å². The highest BCUT2D eigenvalue weighted by Crippen LogP contribution is 2.24. The van der Waals surface area contributed by atoms with Gasteiger partial charge in [0, 0.05) is 24.8 Å². The van der Waals surface area contributed by atoms with Crippen molar-refractivity contribution in [1.29, 1.82) is 0 Å². The molecule has 3 heteroatoms. The summed E-state index contributed by atoms with van der Waals surface area (Å²) in [7, 11) is 0. The maximum atomic E-state index is 13.1. The van der Waals surface area contributed by atoms with Crippen LogP contribution in [0.2, 0.25) is 0 Å². The number of anilines is 1. The Hall–Kier alpha value is -1.09. The predicted molar refractivity (Wildman–Crippen MR) is 67.1 cm³/mol. The van der Waals surface area contributed by atoms with E-state index in [9.17, 15) is 4.39 Å². The van der Waals surface area contributed by atoms with Gasteiger partial charge in [0.05, 0.1) is 0 Å². The van der Waals surface area contributed by atoms with Crippen molar-refractivity contribution >= 4 is 5.69 Å². The summed E-state index contributed by atoms with van der Waals surface area (Å²) in [4.78, 5) is 2.27. The molecule has 1 aromatic carbocycles. The molecule has 0 aliphatic heterocycles. The first-order chi connectivity index (χ1) is 7.63. The summed E-state index contributed by atoms with van der Waals surface area (Å²) >= 11 is 0. The highest BCUT2D eigenvalue weighted by atomic mass is 19.1. The zero-order valence-electron chi connectivity index (χ0n) is 10.3. The normalized spacial score (nSPS) is 12.6. The number of rotatable bonds is 5. The molecule has 1 unspecified atom stereocenters. The lowest BCUT2D eigenvalue weighted by Crippen LogP contribution is -2.33. The van der Waals surface area contributed by atoms with Gasteiger partial charge < -0.3 is 10.6 Å². The van der Waals surface area contributed by atoms with Crippen molar-refractivity contribution in [1.82, 2.24) is 0 Å². The maximum absolute atomic E-state index is 13.1. The summed E-state index contributed by atoms with van der Waals surface area (Å²) in [6.45, 7) is 7.72. The summed E-state index contributed by atoms with van der Waals surface area (Å²) in [6, 6.07) is 5.30. The first kappa shape index (κ1) is 13.0. The monoisotopic (exact) mass is 224 g/mol. The zero-order chi connectivity index (χ0) is 12.1. The van der Waals surface area contributed by atoms with Crippen LogP contribution in [-0.4, -0.2) is 12.6 Å². The van der Waals surface area contributed by atoms with Gasteiger partial charge in [0.1, 0.15) is 5.82 Å². The van der Waals surface area contributed by atoms with Crippen LogP contribution < -0.4 is 10.6 Å². The third kappa shape index (κ3) is 2.73. The Morgan fingerprint density at radius 1 is 1.38 bits per heavy atom. The summed E-state index contributed by atoms with van der Waals surface area (Å²) in [5, 5.41) is 0. The molecule has 0 heterocycles. The molecule has 0 aliphatic rings. The van der Waals surface area contributed by atoms with Gasteiger partial charge in [-0.2, -0.15) is 0 Å². The van der Waals surface area contributed by atoms with E-state index in [2.05, 4.69) is 25.7 Å². The molecule has 0 bridgehead atoms. The van der Waals surface area contributed by atoms with Gasteiger partial charge >= 0.3 is 0 Å². The van der Waals surface area contributed by atoms with Crippen molar-refractivity contribution in [3.63, 3.8) is 0 Å². The summed E-state index contributed by atoms with van der Waals surface area (Å²) < 4.78 is 13.1. The molecule has 90 valence electrons. The van der Waals surface area contributed by atoms with Crippen molar-refractivity contribution < 1.29 is 4.39 Å². The topological polar surface area (TPSA) is 29.3 Å². The van der Waals surface area contributed by atoms with Gasteiger partial charge in [0.15, 0.2) is 0 Å². The number of hydrogen-bond acceptors (Lipinski definition) is 2. The molecule has 1 rings (SSSR count). The average molecular weight is 224 g/mol. The van der Waals surface area contributed by atoms with Gasteiger partial charge in [0.25, 0.3) is 0 Å². The molecular formula is C13H21FN2. The van der Waals surface area contributed by atoms with Crippen molar-refractivity contribution in [2.75, 3.05) is 11.4 Å². The fraction of sp³-hybridized carbons (Fsp3) is 0.538. The standard InChI is InChI=1S/C13H21FN2/c1-4-10(3)16(5-2)13-7-6-12(14)8-11(13)9-15/h6-8,10H,4-5,9,15H2,1-3H3. The van der Waals surface area contributed by atoms with E-state index in [4.69, 9.17) is 5.73 Å². The number of nitrogens with two attached hydrogens (primary N) is 1. The second-order valence-electron chi connectivity index (χ2n) is 4.02. The van der Waals surface area contributed by atoms with E-state index in [0.29, 0.717) is 12.6 Å². The van der Waals surface area contributed by atoms with Crippen LogP contribution in [0.3, 0.4) is 0 Å². The summed E-state index contributed by atoms with van der Waals surface area (Å²) in [5.74, 6) is -0.218. The molecule has 0 aromatic heterocycles. The average Bonchev–Trinajstić information content (AvgIpc) is 2.31. The molecule has 0 radical (unpaired) electrons. The fourth-order valence-electron chi connectivity index (χ4n) is 1.94. The van der Waals surface area contributed by atoms with Gasteiger partial charge in [-0.25, -0.2) is 4.39 Å². The minimum Gasteiger partial charge on any atom is -0.369 e. The third-order valence-corrected chi connectivity index (χ3v) is 3.03. The quantitative estimate of drug-likeness (QED) is 0.833. The van der Waals surface area contributed by atoms with E-state index in [1.54, 1.807) is 0 Å². The molecule has 0 saturated carbocycles. The van der Waals surface area contributed by atoms with Crippen molar-refractivity contribution in [3.05, 3.63) is 29.6 Å². The number of halogens is 1. The largest absolute Gasteiger partial charge is 0.369 e. The van der Waals surface area contributed by atoms with Gasteiger partial charge in [-0.05, 0) is 44.0 Å². The van der Waals surface area contributed by atoms with Crippen molar-refractivity contribution in [2.45, 2.75) is 39.8 Å². The SMILES string of the molecule is CCC(C)N(CC)c1ccc(F)cc1CN. The minimum atomic E-state index is -0.218. The Balaban J connectivity index is 3.08. The van der Waals surface area contributed by atoms with Gasteiger partial charge in [-0.1, -0.05) is 6.92 Å². The molecule has 16 heavy (non-hydrogen) atoms. The molecule has 0 fully saturated rings. The predicted octanol–water partition coefficient (Wildman–Crippen LogP) is 2.91. The molecular weight excluding hydrogens is 203 g/mol. The first-order valence-electron chi connectivity index (χ1n) is 5.89. The van der Waals surface area contributed by atoms with E-state index < -0.39 is 0 Å². The van der Waals surface area contributed by atoms with E-state index in [-0.39, 0.29) is 5.82 Å². The van der Waals surface area contributed by atoms with Crippen LogP contribution >= 0.6 is 0 Å². The second kappa shape index (κ2) is 5.85. The molecule has 2 N–H and O–H groups in total. The Kier molecular flexibility index (Phi) is 4.74. The van der Waals surface area contributed by atoms with E-state index in [1.165, 1.54) is 12.1 Å². The molecule has 1 atom stereocenters. The van der Waals surface area contributed by atoms with Gasteiger partial charge in [0.2, 0.25) is 0 Å². The highest BCUT2D eigenvalue weighted by molar-refractivity contribution is 5.54. The Morgan fingerprint density at radius 2 is 2.06 bits per heavy atom. The highest BCUT2D eigenvalue weighted by Gasteiger charge is 2.14. The van der Waals surface area contributed by atoms with Crippen LogP contribution in [0, 0.1) is 5.82 Å². The lowest BCUT2D eigenvalue weighted by atomic mass is 10.1. The number of nitrogens with zero attached hydrogens (tertiary/aromatic N) is 1. The van der Waals surface area contributed by atoms with E-state index >= 15 is 0 Å². The Morgan fingerprint density at radius 3 is 2.56 bits per heavy atom. The van der Waals surface area contributed by atoms with Crippen LogP contribution in [-0.2, 0) is 6.54 Å². The van der Waals surface area contributed by atoms with Gasteiger partial charge in [-0.3, -0.25) is 0 Å². The lowest BCUT2D eigenvalue weighted by molar-refractivity contribution is 0.613. The van der Waals surface area contributed by atoms with Crippen LogP contribution in [0.1, 0.15) is 32.8 Å².